The van der Waals surface area contributed by atoms with Gasteiger partial charge < -0.3 is 0 Å². The second-order valence-electron chi connectivity index (χ2n) is 4.85. The first-order chi connectivity index (χ1) is 9.25. The summed E-state index contributed by atoms with van der Waals surface area (Å²) in [7, 11) is 0. The average Bonchev–Trinajstić information content (AvgIpc) is 3.01. The minimum Gasteiger partial charge on any atom is -0.258 e. The predicted octanol–water partition coefficient (Wildman–Crippen LogP) is 3.16. The van der Waals surface area contributed by atoms with E-state index in [1.54, 1.807) is 0 Å². The van der Waals surface area contributed by atoms with Crippen LogP contribution in [0.5, 0.6) is 0 Å². The van der Waals surface area contributed by atoms with Crippen LogP contribution >= 0.6 is 11.9 Å². The van der Waals surface area contributed by atoms with Gasteiger partial charge in [0.1, 0.15) is 4.90 Å². The number of benzene rings is 1. The molecule has 2 rings (SSSR count). The molecule has 8 heteroatoms. The first-order valence-electron chi connectivity index (χ1n) is 5.80. The van der Waals surface area contributed by atoms with E-state index in [9.17, 15) is 20.2 Å². The molecule has 0 N–H and O–H groups in total. The minimum atomic E-state index is -0.642. The summed E-state index contributed by atoms with van der Waals surface area (Å²) in [6, 6.07) is 3.68. The second kappa shape index (κ2) is 4.88. The van der Waals surface area contributed by atoms with Crippen LogP contribution in [0.1, 0.15) is 13.8 Å². The SMILES string of the molecule is C=C(C)[C@@]1(C)CN1Sc1ccc([N+](=O)[O-])cc1[N+](=O)[O-]. The van der Waals surface area contributed by atoms with Gasteiger partial charge in [-0.15, -0.1) is 0 Å². The van der Waals surface area contributed by atoms with Crippen LogP contribution in [-0.2, 0) is 0 Å². The van der Waals surface area contributed by atoms with E-state index in [1.165, 1.54) is 24.1 Å². The first kappa shape index (κ1) is 14.5. The monoisotopic (exact) mass is 295 g/mol. The van der Waals surface area contributed by atoms with Gasteiger partial charge in [-0.25, -0.2) is 4.31 Å². The summed E-state index contributed by atoms with van der Waals surface area (Å²) in [4.78, 5) is 20.8. The van der Waals surface area contributed by atoms with Gasteiger partial charge in [0.05, 0.1) is 21.5 Å². The van der Waals surface area contributed by atoms with E-state index in [4.69, 9.17) is 0 Å². The summed E-state index contributed by atoms with van der Waals surface area (Å²) in [6.07, 6.45) is 0. The molecule has 0 bridgehead atoms. The molecule has 1 aliphatic rings. The number of nitrogens with zero attached hydrogens (tertiary/aromatic N) is 3. The molecule has 0 aliphatic carbocycles. The molecule has 1 unspecified atom stereocenters. The van der Waals surface area contributed by atoms with Gasteiger partial charge in [0.2, 0.25) is 0 Å². The van der Waals surface area contributed by atoms with Crippen molar-refractivity contribution < 1.29 is 9.85 Å². The summed E-state index contributed by atoms with van der Waals surface area (Å²) < 4.78 is 1.96. The molecule has 1 saturated heterocycles. The highest BCUT2D eigenvalue weighted by molar-refractivity contribution is 7.97. The largest absolute Gasteiger partial charge is 0.291 e. The summed E-state index contributed by atoms with van der Waals surface area (Å²) in [6.45, 7) is 8.56. The van der Waals surface area contributed by atoms with Crippen LogP contribution < -0.4 is 0 Å². The van der Waals surface area contributed by atoms with Gasteiger partial charge in [-0.3, -0.25) is 20.2 Å². The third-order valence-electron chi connectivity index (χ3n) is 3.38. The summed E-state index contributed by atoms with van der Waals surface area (Å²) >= 11 is 1.23. The zero-order valence-electron chi connectivity index (χ0n) is 11.0. The van der Waals surface area contributed by atoms with Crippen molar-refractivity contribution in [3.63, 3.8) is 0 Å². The quantitative estimate of drug-likeness (QED) is 0.272. The lowest BCUT2D eigenvalue weighted by atomic mass is 10.1. The zero-order valence-corrected chi connectivity index (χ0v) is 11.8. The minimum absolute atomic E-state index is 0.166. The molecule has 0 aromatic heterocycles. The Morgan fingerprint density at radius 1 is 1.40 bits per heavy atom. The lowest BCUT2D eigenvalue weighted by molar-refractivity contribution is -0.396. The lowest BCUT2D eigenvalue weighted by Crippen LogP contribution is -2.10. The first-order valence-corrected chi connectivity index (χ1v) is 6.57. The van der Waals surface area contributed by atoms with Crippen molar-refractivity contribution in [2.24, 2.45) is 0 Å². The van der Waals surface area contributed by atoms with Crippen molar-refractivity contribution in [3.8, 4) is 0 Å². The highest BCUT2D eigenvalue weighted by Crippen LogP contribution is 2.48. The molecule has 1 aliphatic heterocycles. The van der Waals surface area contributed by atoms with Gasteiger partial charge in [-0.2, -0.15) is 0 Å². The van der Waals surface area contributed by atoms with E-state index >= 15 is 0 Å². The number of non-ortho nitro benzene ring substituents is 1. The third kappa shape index (κ3) is 2.52. The Kier molecular flexibility index (Phi) is 3.53. The van der Waals surface area contributed by atoms with Crippen LogP contribution in [0.25, 0.3) is 0 Å². The highest BCUT2D eigenvalue weighted by Gasteiger charge is 2.49. The lowest BCUT2D eigenvalue weighted by Gasteiger charge is -2.11. The highest BCUT2D eigenvalue weighted by atomic mass is 32.2. The molecule has 1 aromatic rings. The molecule has 0 radical (unpaired) electrons. The maximum absolute atomic E-state index is 11.0. The van der Waals surface area contributed by atoms with Gasteiger partial charge in [0.25, 0.3) is 11.4 Å². The van der Waals surface area contributed by atoms with E-state index < -0.39 is 9.85 Å². The van der Waals surface area contributed by atoms with Crippen LogP contribution in [0.15, 0.2) is 35.2 Å². The zero-order chi connectivity index (χ0) is 15.1. The van der Waals surface area contributed by atoms with Crippen molar-refractivity contribution in [2.75, 3.05) is 6.54 Å². The maximum Gasteiger partial charge on any atom is 0.291 e. The number of hydrogen-bond acceptors (Lipinski definition) is 6. The number of nitro benzene ring substituents is 2. The van der Waals surface area contributed by atoms with Gasteiger partial charge in [0, 0.05) is 12.6 Å². The summed E-state index contributed by atoms with van der Waals surface area (Å²) in [5.74, 6) is 0. The van der Waals surface area contributed by atoms with Crippen LogP contribution in [0.2, 0.25) is 0 Å². The Labute approximate surface area is 119 Å². The number of nitro groups is 2. The summed E-state index contributed by atoms with van der Waals surface area (Å²) in [5, 5.41) is 21.7. The molecule has 106 valence electrons. The third-order valence-corrected chi connectivity index (χ3v) is 4.67. The molecular formula is C12H13N3O4S. The predicted molar refractivity (Wildman–Crippen MR) is 75.5 cm³/mol. The van der Waals surface area contributed by atoms with Crippen LogP contribution in [-0.4, -0.2) is 26.2 Å². The molecule has 0 saturated carbocycles. The molecule has 7 nitrogen and oxygen atoms in total. The second-order valence-corrected chi connectivity index (χ2v) is 5.91. The standard InChI is InChI=1S/C12H13N3O4S/c1-8(2)12(3)7-13(12)20-11-5-4-9(14(16)17)6-10(11)15(18)19/h4-6H,1,7H2,2-3H3/t12-,13?/m1/s1. The Balaban J connectivity index is 2.27. The normalized spacial score (nSPS) is 24.2. The maximum atomic E-state index is 11.0. The Morgan fingerprint density at radius 3 is 2.50 bits per heavy atom. The topological polar surface area (TPSA) is 89.3 Å². The molecule has 1 aromatic carbocycles. The number of rotatable bonds is 5. The van der Waals surface area contributed by atoms with Crippen molar-refractivity contribution in [2.45, 2.75) is 24.3 Å². The fourth-order valence-electron chi connectivity index (χ4n) is 1.68. The van der Waals surface area contributed by atoms with Crippen molar-refractivity contribution in [1.29, 1.82) is 0 Å². The van der Waals surface area contributed by atoms with Crippen molar-refractivity contribution in [1.82, 2.24) is 4.31 Å². The van der Waals surface area contributed by atoms with E-state index in [0.717, 1.165) is 18.2 Å². The smallest absolute Gasteiger partial charge is 0.258 e. The molecule has 0 spiro atoms. The van der Waals surface area contributed by atoms with Crippen LogP contribution in [0.4, 0.5) is 11.4 Å². The van der Waals surface area contributed by atoms with Gasteiger partial charge in [0.15, 0.2) is 0 Å². The Morgan fingerprint density at radius 2 is 2.05 bits per heavy atom. The van der Waals surface area contributed by atoms with Gasteiger partial charge >= 0.3 is 0 Å². The average molecular weight is 295 g/mol. The van der Waals surface area contributed by atoms with Crippen molar-refractivity contribution in [3.05, 3.63) is 50.6 Å². The van der Waals surface area contributed by atoms with E-state index in [-0.39, 0.29) is 16.9 Å². The molecule has 0 amide bonds. The van der Waals surface area contributed by atoms with Gasteiger partial charge in [-0.05, 0) is 31.9 Å². The molecule has 1 fully saturated rings. The van der Waals surface area contributed by atoms with E-state index in [1.807, 2.05) is 18.2 Å². The molecular weight excluding hydrogens is 282 g/mol. The summed E-state index contributed by atoms with van der Waals surface area (Å²) in [5.41, 5.74) is 0.282. The van der Waals surface area contributed by atoms with E-state index in [0.29, 0.717) is 4.90 Å². The fourth-order valence-corrected chi connectivity index (χ4v) is 2.95. The van der Waals surface area contributed by atoms with Crippen molar-refractivity contribution >= 4 is 23.3 Å². The van der Waals surface area contributed by atoms with E-state index in [2.05, 4.69) is 6.58 Å². The Hall–Kier alpha value is -1.93. The molecule has 20 heavy (non-hydrogen) atoms. The van der Waals surface area contributed by atoms with Crippen LogP contribution in [0, 0.1) is 20.2 Å². The number of hydrogen-bond donors (Lipinski definition) is 0. The fraction of sp³-hybridized carbons (Fsp3) is 0.333. The molecule has 2 atom stereocenters. The van der Waals surface area contributed by atoms with Crippen LogP contribution in [0.3, 0.4) is 0 Å². The van der Waals surface area contributed by atoms with Gasteiger partial charge in [-0.1, -0.05) is 12.2 Å². The molecule has 1 heterocycles. The Bertz CT molecular complexity index is 619.